The van der Waals surface area contributed by atoms with Crippen LogP contribution in [0.5, 0.6) is 0 Å². The van der Waals surface area contributed by atoms with E-state index in [0.717, 1.165) is 32.7 Å². The van der Waals surface area contributed by atoms with E-state index in [9.17, 15) is 4.79 Å². The molecule has 0 spiro atoms. The number of nitrogens with one attached hydrogen (secondary N) is 1. The van der Waals surface area contributed by atoms with Gasteiger partial charge in [-0.2, -0.15) is 0 Å². The fraction of sp³-hybridized carbons (Fsp3) is 0.611. The van der Waals surface area contributed by atoms with Crippen LogP contribution >= 0.6 is 12.4 Å². The average Bonchev–Trinajstić information content (AvgIpc) is 2.47. The normalized spacial score (nSPS) is 15.4. The van der Waals surface area contributed by atoms with Crippen molar-refractivity contribution in [3.8, 4) is 0 Å². The van der Waals surface area contributed by atoms with Gasteiger partial charge in [0.05, 0.1) is 6.54 Å². The molecule has 1 aliphatic heterocycles. The van der Waals surface area contributed by atoms with Gasteiger partial charge in [0.2, 0.25) is 5.91 Å². The predicted molar refractivity (Wildman–Crippen MR) is 98.2 cm³/mol. The number of amides is 1. The van der Waals surface area contributed by atoms with Crippen molar-refractivity contribution in [2.45, 2.75) is 32.7 Å². The Morgan fingerprint density at radius 1 is 1.17 bits per heavy atom. The summed E-state index contributed by atoms with van der Waals surface area (Å²) in [7, 11) is 2.01. The van der Waals surface area contributed by atoms with Crippen LogP contribution in [-0.2, 0) is 16.8 Å². The third kappa shape index (κ3) is 6.13. The molecular weight excluding hydrogens is 310 g/mol. The van der Waals surface area contributed by atoms with Gasteiger partial charge in [0.15, 0.2) is 0 Å². The lowest BCUT2D eigenvalue weighted by atomic mass is 9.87. The molecule has 130 valence electrons. The van der Waals surface area contributed by atoms with Crippen LogP contribution in [-0.4, -0.2) is 55.5 Å². The summed E-state index contributed by atoms with van der Waals surface area (Å²) in [5.74, 6) is 0.232. The Kier molecular flexibility index (Phi) is 7.52. The maximum absolute atomic E-state index is 12.2. The Morgan fingerprint density at radius 2 is 1.74 bits per heavy atom. The maximum Gasteiger partial charge on any atom is 0.236 e. The molecule has 1 aromatic rings. The van der Waals surface area contributed by atoms with Gasteiger partial charge in [-0.3, -0.25) is 9.69 Å². The Balaban J connectivity index is 0.00000264. The van der Waals surface area contributed by atoms with Gasteiger partial charge in [-0.15, -0.1) is 12.4 Å². The molecule has 0 aliphatic carbocycles. The number of hydrogen-bond donors (Lipinski definition) is 1. The number of benzene rings is 1. The zero-order valence-electron chi connectivity index (χ0n) is 14.8. The summed E-state index contributed by atoms with van der Waals surface area (Å²) in [6, 6.07) is 8.74. The molecule has 23 heavy (non-hydrogen) atoms. The number of nitrogens with zero attached hydrogens (tertiary/aromatic N) is 2. The molecule has 1 aliphatic rings. The highest BCUT2D eigenvalue weighted by Gasteiger charge is 2.18. The zero-order valence-corrected chi connectivity index (χ0v) is 15.6. The first-order valence-electron chi connectivity index (χ1n) is 8.13. The smallest absolute Gasteiger partial charge is 0.236 e. The monoisotopic (exact) mass is 339 g/mol. The molecule has 1 fully saturated rings. The minimum absolute atomic E-state index is 0. The highest BCUT2D eigenvalue weighted by Crippen LogP contribution is 2.22. The van der Waals surface area contributed by atoms with E-state index in [1.165, 1.54) is 11.1 Å². The van der Waals surface area contributed by atoms with Crippen molar-refractivity contribution in [1.29, 1.82) is 0 Å². The van der Waals surface area contributed by atoms with Crippen LogP contribution in [0.4, 0.5) is 0 Å². The van der Waals surface area contributed by atoms with Gasteiger partial charge >= 0.3 is 0 Å². The van der Waals surface area contributed by atoms with Crippen molar-refractivity contribution in [3.05, 3.63) is 35.4 Å². The third-order valence-corrected chi connectivity index (χ3v) is 4.15. The van der Waals surface area contributed by atoms with Gasteiger partial charge in [-0.05, 0) is 23.6 Å². The van der Waals surface area contributed by atoms with Gasteiger partial charge in [-0.1, -0.05) is 45.0 Å². The van der Waals surface area contributed by atoms with Gasteiger partial charge in [0, 0.05) is 32.7 Å². The maximum atomic E-state index is 12.2. The van der Waals surface area contributed by atoms with E-state index in [-0.39, 0.29) is 23.7 Å². The molecule has 0 bridgehead atoms. The molecule has 0 radical (unpaired) electrons. The lowest BCUT2D eigenvalue weighted by Crippen LogP contribution is -2.49. The van der Waals surface area contributed by atoms with Crippen LogP contribution in [0, 0.1) is 0 Å². The molecule has 2 rings (SSSR count). The number of carbonyl (C=O) groups is 1. The Morgan fingerprint density at radius 3 is 2.26 bits per heavy atom. The van der Waals surface area contributed by atoms with Crippen molar-refractivity contribution in [2.75, 3.05) is 39.8 Å². The summed E-state index contributed by atoms with van der Waals surface area (Å²) in [6.07, 6.45) is 0. The van der Waals surface area contributed by atoms with Gasteiger partial charge in [0.25, 0.3) is 0 Å². The van der Waals surface area contributed by atoms with E-state index in [1.54, 1.807) is 0 Å². The van der Waals surface area contributed by atoms with Crippen LogP contribution in [0.3, 0.4) is 0 Å². The third-order valence-electron chi connectivity index (χ3n) is 4.15. The van der Waals surface area contributed by atoms with Crippen molar-refractivity contribution < 1.29 is 4.79 Å². The second-order valence-electron chi connectivity index (χ2n) is 7.25. The standard InChI is InChI=1S/C18H29N3O.ClH/c1-18(2,3)16-7-5-15(6-8-16)13-20(4)14-17(22)21-11-9-19-10-12-21;/h5-8,19H,9-14H2,1-4H3;1H. The summed E-state index contributed by atoms with van der Waals surface area (Å²) in [6.45, 7) is 11.4. The molecule has 0 unspecified atom stereocenters. The number of halogens is 1. The largest absolute Gasteiger partial charge is 0.339 e. The molecule has 4 nitrogen and oxygen atoms in total. The minimum Gasteiger partial charge on any atom is -0.339 e. The molecular formula is C18H30ClN3O. The summed E-state index contributed by atoms with van der Waals surface area (Å²) in [4.78, 5) is 16.3. The number of rotatable bonds is 4. The first-order chi connectivity index (χ1) is 10.4. The Bertz CT molecular complexity index is 490. The molecule has 0 saturated carbocycles. The number of piperazine rings is 1. The SMILES string of the molecule is CN(CC(=O)N1CCNCC1)Cc1ccc(C(C)(C)C)cc1.Cl. The topological polar surface area (TPSA) is 35.6 Å². The van der Waals surface area contributed by atoms with Gasteiger partial charge < -0.3 is 10.2 Å². The van der Waals surface area contributed by atoms with Crippen LogP contribution in [0.15, 0.2) is 24.3 Å². The second-order valence-corrected chi connectivity index (χ2v) is 7.25. The second kappa shape index (κ2) is 8.67. The van der Waals surface area contributed by atoms with Crippen LogP contribution in [0.2, 0.25) is 0 Å². The van der Waals surface area contributed by atoms with Crippen LogP contribution in [0.25, 0.3) is 0 Å². The van der Waals surface area contributed by atoms with E-state index in [1.807, 2.05) is 11.9 Å². The van der Waals surface area contributed by atoms with E-state index in [2.05, 4.69) is 55.3 Å². The summed E-state index contributed by atoms with van der Waals surface area (Å²) in [5.41, 5.74) is 2.78. The first kappa shape index (κ1) is 19.9. The van der Waals surface area contributed by atoms with Crippen LogP contribution in [0.1, 0.15) is 31.9 Å². The summed E-state index contributed by atoms with van der Waals surface area (Å²) < 4.78 is 0. The molecule has 0 aromatic heterocycles. The minimum atomic E-state index is 0. The molecule has 5 heteroatoms. The summed E-state index contributed by atoms with van der Waals surface area (Å²) in [5, 5.41) is 3.27. The van der Waals surface area contributed by atoms with Crippen LogP contribution < -0.4 is 5.32 Å². The van der Waals surface area contributed by atoms with Crippen molar-refractivity contribution >= 4 is 18.3 Å². The van der Waals surface area contributed by atoms with E-state index in [0.29, 0.717) is 6.54 Å². The molecule has 0 atom stereocenters. The quantitative estimate of drug-likeness (QED) is 0.914. The van der Waals surface area contributed by atoms with Crippen molar-refractivity contribution in [2.24, 2.45) is 0 Å². The number of likely N-dealkylation sites (N-methyl/N-ethyl adjacent to an activating group) is 1. The first-order valence-corrected chi connectivity index (χ1v) is 8.13. The van der Waals surface area contributed by atoms with E-state index < -0.39 is 0 Å². The predicted octanol–water partition coefficient (Wildman–Crippen LogP) is 2.27. The Hall–Kier alpha value is -1.10. The molecule has 1 saturated heterocycles. The molecule has 1 amide bonds. The number of carbonyl (C=O) groups excluding carboxylic acids is 1. The van der Waals surface area contributed by atoms with Gasteiger partial charge in [-0.25, -0.2) is 0 Å². The molecule has 1 aromatic carbocycles. The lowest BCUT2D eigenvalue weighted by molar-refractivity contribution is -0.132. The van der Waals surface area contributed by atoms with E-state index in [4.69, 9.17) is 0 Å². The Labute approximate surface area is 146 Å². The highest BCUT2D eigenvalue weighted by molar-refractivity contribution is 5.85. The van der Waals surface area contributed by atoms with Crippen molar-refractivity contribution in [1.82, 2.24) is 15.1 Å². The van der Waals surface area contributed by atoms with Crippen molar-refractivity contribution in [3.63, 3.8) is 0 Å². The zero-order chi connectivity index (χ0) is 16.2. The summed E-state index contributed by atoms with van der Waals surface area (Å²) >= 11 is 0. The van der Waals surface area contributed by atoms with E-state index >= 15 is 0 Å². The highest BCUT2D eigenvalue weighted by atomic mass is 35.5. The molecule has 1 heterocycles. The fourth-order valence-corrected chi connectivity index (χ4v) is 2.72. The molecule has 1 N–H and O–H groups in total. The lowest BCUT2D eigenvalue weighted by Gasteiger charge is -2.29. The number of hydrogen-bond acceptors (Lipinski definition) is 3. The van der Waals surface area contributed by atoms with Gasteiger partial charge in [0.1, 0.15) is 0 Å². The fourth-order valence-electron chi connectivity index (χ4n) is 2.72. The average molecular weight is 340 g/mol.